The molecule has 1 fully saturated rings. The highest BCUT2D eigenvalue weighted by Gasteiger charge is 2.31. The zero-order valence-corrected chi connectivity index (χ0v) is 13.8. The van der Waals surface area contributed by atoms with E-state index in [1.807, 2.05) is 24.0 Å². The van der Waals surface area contributed by atoms with E-state index in [1.165, 1.54) is 12.1 Å². The summed E-state index contributed by atoms with van der Waals surface area (Å²) in [5.41, 5.74) is 3.05. The fraction of sp³-hybridized carbons (Fsp3) is 0.294. The molecule has 1 aliphatic heterocycles. The minimum atomic E-state index is -0.278. The van der Waals surface area contributed by atoms with Crippen LogP contribution in [0.3, 0.4) is 0 Å². The van der Waals surface area contributed by atoms with Crippen molar-refractivity contribution >= 4 is 21.8 Å². The van der Waals surface area contributed by atoms with Crippen molar-refractivity contribution in [2.75, 3.05) is 6.54 Å². The molecule has 1 atom stereocenters. The van der Waals surface area contributed by atoms with Gasteiger partial charge in [-0.05, 0) is 47.9 Å². The summed E-state index contributed by atoms with van der Waals surface area (Å²) in [7, 11) is 0. The highest BCUT2D eigenvalue weighted by atomic mass is 79.9. The number of nitrogens with zero attached hydrogens (tertiary/aromatic N) is 2. The molecular weight excluding hydrogens is 347 g/mol. The summed E-state index contributed by atoms with van der Waals surface area (Å²) in [5.74, 6) is -0.122. The maximum absolute atomic E-state index is 13.5. The Morgan fingerprint density at radius 3 is 2.95 bits per heavy atom. The molecule has 1 aromatic heterocycles. The van der Waals surface area contributed by atoms with Crippen molar-refractivity contribution in [2.45, 2.75) is 25.8 Å². The van der Waals surface area contributed by atoms with Crippen LogP contribution in [-0.2, 0) is 11.3 Å². The van der Waals surface area contributed by atoms with Gasteiger partial charge in [0, 0.05) is 42.3 Å². The van der Waals surface area contributed by atoms with Crippen LogP contribution in [0.25, 0.3) is 0 Å². The molecule has 1 aliphatic rings. The van der Waals surface area contributed by atoms with Gasteiger partial charge in [0.15, 0.2) is 0 Å². The molecule has 1 saturated heterocycles. The Morgan fingerprint density at radius 2 is 2.23 bits per heavy atom. The predicted octanol–water partition coefficient (Wildman–Crippen LogP) is 3.81. The van der Waals surface area contributed by atoms with E-state index in [0.717, 1.165) is 16.7 Å². The number of aromatic nitrogens is 1. The maximum atomic E-state index is 13.5. The van der Waals surface area contributed by atoms with E-state index in [1.54, 1.807) is 12.4 Å². The van der Waals surface area contributed by atoms with Gasteiger partial charge in [-0.1, -0.05) is 15.9 Å². The lowest BCUT2D eigenvalue weighted by atomic mass is 9.98. The quantitative estimate of drug-likeness (QED) is 0.831. The molecule has 1 aromatic carbocycles. The van der Waals surface area contributed by atoms with Crippen LogP contribution in [0.1, 0.15) is 29.0 Å². The van der Waals surface area contributed by atoms with E-state index in [4.69, 9.17) is 0 Å². The van der Waals surface area contributed by atoms with Crippen LogP contribution in [0.4, 0.5) is 4.39 Å². The Morgan fingerprint density at radius 1 is 1.41 bits per heavy atom. The van der Waals surface area contributed by atoms with Crippen molar-refractivity contribution in [2.24, 2.45) is 0 Å². The van der Waals surface area contributed by atoms with Gasteiger partial charge >= 0.3 is 0 Å². The lowest BCUT2D eigenvalue weighted by Gasteiger charge is -2.18. The minimum Gasteiger partial charge on any atom is -0.338 e. The molecule has 0 aliphatic carbocycles. The zero-order chi connectivity index (χ0) is 15.7. The second kappa shape index (κ2) is 6.16. The first-order chi connectivity index (χ1) is 10.5. The van der Waals surface area contributed by atoms with Crippen molar-refractivity contribution in [3.8, 4) is 0 Å². The smallest absolute Gasteiger partial charge is 0.223 e. The Labute approximate surface area is 137 Å². The Balaban J connectivity index is 1.77. The van der Waals surface area contributed by atoms with Crippen molar-refractivity contribution < 1.29 is 9.18 Å². The molecule has 22 heavy (non-hydrogen) atoms. The number of amides is 1. The number of carbonyl (C=O) groups excluding carboxylic acids is 1. The summed E-state index contributed by atoms with van der Waals surface area (Å²) in [5, 5.41) is 0. The van der Waals surface area contributed by atoms with Gasteiger partial charge in [-0.2, -0.15) is 0 Å². The number of carbonyl (C=O) groups is 1. The van der Waals surface area contributed by atoms with Crippen LogP contribution >= 0.6 is 15.9 Å². The van der Waals surface area contributed by atoms with E-state index in [-0.39, 0.29) is 17.6 Å². The minimum absolute atomic E-state index is 0.0432. The standard InChI is InChI=1S/C17H16BrFN2O/c1-11-8-20-3-2-12(11)9-21-10-14(6-17(21)22)13-4-15(18)7-16(19)5-13/h2-5,7-8,14H,6,9-10H2,1H3/t14-/m0/s1. The number of halogens is 2. The highest BCUT2D eigenvalue weighted by molar-refractivity contribution is 9.10. The Hall–Kier alpha value is -1.75. The van der Waals surface area contributed by atoms with Crippen LogP contribution in [0.2, 0.25) is 0 Å². The fourth-order valence-electron chi connectivity index (χ4n) is 2.84. The van der Waals surface area contributed by atoms with Gasteiger partial charge < -0.3 is 4.90 Å². The molecule has 3 rings (SSSR count). The van der Waals surface area contributed by atoms with Gasteiger partial charge in [0.25, 0.3) is 0 Å². The molecule has 0 bridgehead atoms. The van der Waals surface area contributed by atoms with E-state index < -0.39 is 0 Å². The lowest BCUT2D eigenvalue weighted by molar-refractivity contribution is -0.128. The molecule has 2 heterocycles. The second-order valence-corrected chi connectivity index (χ2v) is 6.60. The van der Waals surface area contributed by atoms with Crippen molar-refractivity contribution in [1.82, 2.24) is 9.88 Å². The van der Waals surface area contributed by atoms with E-state index in [2.05, 4.69) is 20.9 Å². The predicted molar refractivity (Wildman–Crippen MR) is 85.8 cm³/mol. The Kier molecular flexibility index (Phi) is 4.25. The number of pyridine rings is 1. The summed E-state index contributed by atoms with van der Waals surface area (Å²) in [6.07, 6.45) is 3.97. The Bertz CT molecular complexity index is 699. The van der Waals surface area contributed by atoms with Crippen LogP contribution in [0, 0.1) is 12.7 Å². The molecule has 0 spiro atoms. The summed E-state index contributed by atoms with van der Waals surface area (Å²) >= 11 is 3.31. The van der Waals surface area contributed by atoms with Gasteiger partial charge in [-0.25, -0.2) is 4.39 Å². The number of rotatable bonds is 3. The number of hydrogen-bond donors (Lipinski definition) is 0. The first-order valence-electron chi connectivity index (χ1n) is 7.16. The second-order valence-electron chi connectivity index (χ2n) is 5.68. The summed E-state index contributed by atoms with van der Waals surface area (Å²) < 4.78 is 14.2. The molecule has 2 aromatic rings. The van der Waals surface area contributed by atoms with Crippen molar-refractivity contribution in [1.29, 1.82) is 0 Å². The van der Waals surface area contributed by atoms with Gasteiger partial charge in [0.2, 0.25) is 5.91 Å². The monoisotopic (exact) mass is 362 g/mol. The van der Waals surface area contributed by atoms with Gasteiger partial charge in [0.1, 0.15) is 5.82 Å². The number of likely N-dealkylation sites (tertiary alicyclic amines) is 1. The van der Waals surface area contributed by atoms with Crippen LogP contribution < -0.4 is 0 Å². The summed E-state index contributed by atoms with van der Waals surface area (Å²) in [4.78, 5) is 18.2. The molecule has 0 saturated carbocycles. The third-order valence-corrected chi connectivity index (χ3v) is 4.53. The molecule has 114 valence electrons. The lowest BCUT2D eigenvalue weighted by Crippen LogP contribution is -2.24. The fourth-order valence-corrected chi connectivity index (χ4v) is 3.33. The first-order valence-corrected chi connectivity index (χ1v) is 7.95. The average molecular weight is 363 g/mol. The maximum Gasteiger partial charge on any atom is 0.223 e. The van der Waals surface area contributed by atoms with Crippen LogP contribution in [0.15, 0.2) is 41.1 Å². The summed E-state index contributed by atoms with van der Waals surface area (Å²) in [6.45, 7) is 3.20. The summed E-state index contributed by atoms with van der Waals surface area (Å²) in [6, 6.07) is 6.78. The third-order valence-electron chi connectivity index (χ3n) is 4.07. The van der Waals surface area contributed by atoms with Gasteiger partial charge in [-0.3, -0.25) is 9.78 Å². The molecule has 3 nitrogen and oxygen atoms in total. The third kappa shape index (κ3) is 3.19. The molecule has 0 N–H and O–H groups in total. The molecule has 0 radical (unpaired) electrons. The molecule has 0 unspecified atom stereocenters. The highest BCUT2D eigenvalue weighted by Crippen LogP contribution is 2.31. The largest absolute Gasteiger partial charge is 0.338 e. The van der Waals surface area contributed by atoms with E-state index in [9.17, 15) is 9.18 Å². The SMILES string of the molecule is Cc1cnccc1CN1C[C@@H](c2cc(F)cc(Br)c2)CC1=O. The first kappa shape index (κ1) is 15.2. The number of aryl methyl sites for hydroxylation is 1. The van der Waals surface area contributed by atoms with Gasteiger partial charge in [0.05, 0.1) is 0 Å². The number of benzene rings is 1. The van der Waals surface area contributed by atoms with Crippen LogP contribution in [-0.4, -0.2) is 22.3 Å². The molecular formula is C17H16BrFN2O. The van der Waals surface area contributed by atoms with E-state index >= 15 is 0 Å². The van der Waals surface area contributed by atoms with Crippen LogP contribution in [0.5, 0.6) is 0 Å². The van der Waals surface area contributed by atoms with Crippen molar-refractivity contribution in [3.05, 3.63) is 63.6 Å². The molecule has 1 amide bonds. The molecule has 5 heteroatoms. The number of hydrogen-bond acceptors (Lipinski definition) is 2. The topological polar surface area (TPSA) is 33.2 Å². The zero-order valence-electron chi connectivity index (χ0n) is 12.2. The van der Waals surface area contributed by atoms with Crippen molar-refractivity contribution in [3.63, 3.8) is 0 Å². The normalized spacial score (nSPS) is 18.0. The van der Waals surface area contributed by atoms with E-state index in [0.29, 0.717) is 24.0 Å². The average Bonchev–Trinajstić information content (AvgIpc) is 2.82. The van der Waals surface area contributed by atoms with Gasteiger partial charge in [-0.15, -0.1) is 0 Å².